The van der Waals surface area contributed by atoms with Crippen molar-refractivity contribution in [2.75, 3.05) is 41.3 Å². The van der Waals surface area contributed by atoms with E-state index in [-0.39, 0.29) is 5.82 Å². The SMILES string of the molecule is Cc1ccc(C)c(Nc2nncc(N3CCN(c4ccccc4F)CC3)n2)c1. The molecule has 4 rings (SSSR count). The first-order valence-electron chi connectivity index (χ1n) is 9.38. The van der Waals surface area contributed by atoms with E-state index in [4.69, 9.17) is 0 Å². The Morgan fingerprint density at radius 2 is 1.71 bits per heavy atom. The number of halogens is 1. The van der Waals surface area contributed by atoms with Gasteiger partial charge < -0.3 is 15.1 Å². The summed E-state index contributed by atoms with van der Waals surface area (Å²) in [5, 5.41) is 11.5. The minimum absolute atomic E-state index is 0.181. The predicted octanol–water partition coefficient (Wildman–Crippen LogP) is 3.70. The highest BCUT2D eigenvalue weighted by atomic mass is 19.1. The van der Waals surface area contributed by atoms with Crippen LogP contribution in [0.25, 0.3) is 0 Å². The summed E-state index contributed by atoms with van der Waals surface area (Å²) in [7, 11) is 0. The Morgan fingerprint density at radius 1 is 0.964 bits per heavy atom. The van der Waals surface area contributed by atoms with Gasteiger partial charge in [0.1, 0.15) is 5.82 Å². The topological polar surface area (TPSA) is 57.2 Å². The van der Waals surface area contributed by atoms with Gasteiger partial charge in [-0.05, 0) is 43.2 Å². The van der Waals surface area contributed by atoms with Crippen LogP contribution in [0.3, 0.4) is 0 Å². The maximum Gasteiger partial charge on any atom is 0.249 e. The van der Waals surface area contributed by atoms with Crippen molar-refractivity contribution in [2.24, 2.45) is 0 Å². The molecule has 1 aromatic heterocycles. The van der Waals surface area contributed by atoms with Crippen LogP contribution in [0.2, 0.25) is 0 Å². The van der Waals surface area contributed by atoms with Gasteiger partial charge in [0.2, 0.25) is 5.95 Å². The Labute approximate surface area is 164 Å². The van der Waals surface area contributed by atoms with E-state index in [2.05, 4.69) is 55.4 Å². The van der Waals surface area contributed by atoms with Crippen molar-refractivity contribution in [1.82, 2.24) is 15.2 Å². The number of hydrogen-bond donors (Lipinski definition) is 1. The van der Waals surface area contributed by atoms with Crippen molar-refractivity contribution < 1.29 is 4.39 Å². The van der Waals surface area contributed by atoms with Crippen molar-refractivity contribution in [2.45, 2.75) is 13.8 Å². The summed E-state index contributed by atoms with van der Waals surface area (Å²) in [6.07, 6.45) is 1.67. The third-order valence-electron chi connectivity index (χ3n) is 4.98. The summed E-state index contributed by atoms with van der Waals surface area (Å²) in [4.78, 5) is 8.84. The molecule has 28 heavy (non-hydrogen) atoms. The van der Waals surface area contributed by atoms with Crippen LogP contribution < -0.4 is 15.1 Å². The zero-order chi connectivity index (χ0) is 19.5. The lowest BCUT2D eigenvalue weighted by Crippen LogP contribution is -2.47. The van der Waals surface area contributed by atoms with E-state index in [1.54, 1.807) is 12.3 Å². The molecule has 0 bridgehead atoms. The normalized spacial score (nSPS) is 14.2. The number of aryl methyl sites for hydroxylation is 2. The molecule has 7 heteroatoms. The second-order valence-electron chi connectivity index (χ2n) is 7.01. The number of aromatic nitrogens is 3. The van der Waals surface area contributed by atoms with Crippen LogP contribution in [0.15, 0.2) is 48.7 Å². The van der Waals surface area contributed by atoms with Crippen molar-refractivity contribution in [3.8, 4) is 0 Å². The Morgan fingerprint density at radius 3 is 2.50 bits per heavy atom. The number of anilines is 4. The van der Waals surface area contributed by atoms with Gasteiger partial charge in [0.15, 0.2) is 5.82 Å². The van der Waals surface area contributed by atoms with E-state index in [0.717, 1.165) is 43.2 Å². The van der Waals surface area contributed by atoms with E-state index in [1.807, 2.05) is 19.1 Å². The number of rotatable bonds is 4. The van der Waals surface area contributed by atoms with Crippen molar-refractivity contribution in [1.29, 1.82) is 0 Å². The molecule has 1 fully saturated rings. The van der Waals surface area contributed by atoms with E-state index in [0.29, 0.717) is 11.6 Å². The van der Waals surface area contributed by atoms with E-state index in [9.17, 15) is 4.39 Å². The molecular weight excluding hydrogens is 355 g/mol. The fourth-order valence-electron chi connectivity index (χ4n) is 3.38. The minimum atomic E-state index is -0.181. The van der Waals surface area contributed by atoms with Gasteiger partial charge in [-0.15, -0.1) is 5.10 Å². The molecule has 0 atom stereocenters. The molecule has 0 unspecified atom stereocenters. The number of hydrogen-bond acceptors (Lipinski definition) is 6. The van der Waals surface area contributed by atoms with Crippen LogP contribution in [0.4, 0.5) is 27.5 Å². The van der Waals surface area contributed by atoms with Gasteiger partial charge in [-0.3, -0.25) is 0 Å². The summed E-state index contributed by atoms with van der Waals surface area (Å²) < 4.78 is 14.0. The highest BCUT2D eigenvalue weighted by Crippen LogP contribution is 2.23. The van der Waals surface area contributed by atoms with E-state index in [1.165, 1.54) is 11.6 Å². The first-order chi connectivity index (χ1) is 13.6. The van der Waals surface area contributed by atoms with E-state index >= 15 is 0 Å². The van der Waals surface area contributed by atoms with Crippen LogP contribution in [-0.4, -0.2) is 41.4 Å². The molecule has 2 aromatic carbocycles. The smallest absolute Gasteiger partial charge is 0.249 e. The van der Waals surface area contributed by atoms with Crippen LogP contribution in [0, 0.1) is 19.7 Å². The summed E-state index contributed by atoms with van der Waals surface area (Å²) in [6, 6.07) is 13.1. The van der Waals surface area contributed by atoms with Gasteiger partial charge in [-0.1, -0.05) is 24.3 Å². The second-order valence-corrected chi connectivity index (χ2v) is 7.01. The summed E-state index contributed by atoms with van der Waals surface area (Å²) in [5.74, 6) is 1.07. The van der Waals surface area contributed by atoms with Gasteiger partial charge in [0.05, 0.1) is 11.9 Å². The number of nitrogens with one attached hydrogen (secondary N) is 1. The highest BCUT2D eigenvalue weighted by molar-refractivity contribution is 5.60. The average Bonchev–Trinajstić information content (AvgIpc) is 2.72. The Hall–Kier alpha value is -3.22. The molecule has 0 saturated carbocycles. The molecule has 1 aliphatic rings. The predicted molar refractivity (Wildman–Crippen MR) is 110 cm³/mol. The zero-order valence-electron chi connectivity index (χ0n) is 16.1. The molecule has 0 amide bonds. The standard InChI is InChI=1S/C21H23FN6/c1-15-7-8-16(2)18(13-15)24-21-25-20(14-23-26-21)28-11-9-27(10-12-28)19-6-4-3-5-17(19)22/h3-8,13-14H,9-12H2,1-2H3,(H,24,25,26). The maximum absolute atomic E-state index is 14.0. The number of piperazine rings is 1. The molecule has 0 spiro atoms. The minimum Gasteiger partial charge on any atom is -0.366 e. The molecule has 1 aliphatic heterocycles. The summed E-state index contributed by atoms with van der Waals surface area (Å²) in [6.45, 7) is 7.04. The van der Waals surface area contributed by atoms with Gasteiger partial charge in [-0.2, -0.15) is 10.1 Å². The molecule has 3 aromatic rings. The average molecular weight is 378 g/mol. The summed E-state index contributed by atoms with van der Waals surface area (Å²) in [5.41, 5.74) is 3.92. The molecule has 0 aliphatic carbocycles. The summed E-state index contributed by atoms with van der Waals surface area (Å²) >= 11 is 0. The molecule has 1 N–H and O–H groups in total. The van der Waals surface area contributed by atoms with Gasteiger partial charge in [0, 0.05) is 31.9 Å². The van der Waals surface area contributed by atoms with Crippen LogP contribution in [0.5, 0.6) is 0 Å². The first-order valence-corrected chi connectivity index (χ1v) is 9.38. The highest BCUT2D eigenvalue weighted by Gasteiger charge is 2.21. The molecule has 2 heterocycles. The Kier molecular flexibility index (Phi) is 5.06. The Balaban J connectivity index is 1.45. The largest absolute Gasteiger partial charge is 0.366 e. The fourth-order valence-corrected chi connectivity index (χ4v) is 3.38. The third-order valence-corrected chi connectivity index (χ3v) is 4.98. The zero-order valence-corrected chi connectivity index (χ0v) is 16.1. The molecule has 144 valence electrons. The van der Waals surface area contributed by atoms with Crippen molar-refractivity contribution >= 4 is 23.1 Å². The maximum atomic E-state index is 14.0. The second kappa shape index (κ2) is 7.80. The van der Waals surface area contributed by atoms with Crippen molar-refractivity contribution in [3.05, 3.63) is 65.6 Å². The third kappa shape index (κ3) is 3.88. The van der Waals surface area contributed by atoms with Gasteiger partial charge in [-0.25, -0.2) is 4.39 Å². The monoisotopic (exact) mass is 378 g/mol. The molecular formula is C21H23FN6. The van der Waals surface area contributed by atoms with Crippen molar-refractivity contribution in [3.63, 3.8) is 0 Å². The first kappa shape index (κ1) is 18.2. The number of nitrogens with zero attached hydrogens (tertiary/aromatic N) is 5. The lowest BCUT2D eigenvalue weighted by atomic mass is 10.1. The fraction of sp³-hybridized carbons (Fsp3) is 0.286. The van der Waals surface area contributed by atoms with Gasteiger partial charge in [0.25, 0.3) is 0 Å². The van der Waals surface area contributed by atoms with E-state index < -0.39 is 0 Å². The number of para-hydroxylation sites is 1. The lowest BCUT2D eigenvalue weighted by molar-refractivity contribution is 0.595. The van der Waals surface area contributed by atoms with Crippen LogP contribution >= 0.6 is 0 Å². The molecule has 1 saturated heterocycles. The lowest BCUT2D eigenvalue weighted by Gasteiger charge is -2.36. The molecule has 6 nitrogen and oxygen atoms in total. The molecule has 0 radical (unpaired) electrons. The van der Waals surface area contributed by atoms with Crippen LogP contribution in [0.1, 0.15) is 11.1 Å². The van der Waals surface area contributed by atoms with Crippen LogP contribution in [-0.2, 0) is 0 Å². The Bertz CT molecular complexity index is 969. The number of benzene rings is 2. The quantitative estimate of drug-likeness (QED) is 0.747. The van der Waals surface area contributed by atoms with Gasteiger partial charge >= 0.3 is 0 Å².